The number of aliphatic hydroxyl groups is 2. The first-order valence-corrected chi connectivity index (χ1v) is 5.97. The summed E-state index contributed by atoms with van der Waals surface area (Å²) < 4.78 is 0. The highest BCUT2D eigenvalue weighted by Crippen LogP contribution is 2.45. The Balaban J connectivity index is 2.16. The van der Waals surface area contributed by atoms with Gasteiger partial charge in [0.25, 0.3) is 0 Å². The molecule has 0 bridgehead atoms. The lowest BCUT2D eigenvalue weighted by molar-refractivity contribution is -0.0188. The Kier molecular flexibility index (Phi) is 2.85. The number of fused-ring (bicyclic) bond motifs is 1. The predicted octanol–water partition coefficient (Wildman–Crippen LogP) is 1.80. The van der Waals surface area contributed by atoms with Crippen LogP contribution >= 0.6 is 0 Å². The second-order valence-electron chi connectivity index (χ2n) is 5.44. The number of aliphatic hydroxyl groups excluding tert-OH is 2. The van der Waals surface area contributed by atoms with E-state index in [1.54, 1.807) is 0 Å². The largest absolute Gasteiger partial charge is 0.392 e. The van der Waals surface area contributed by atoms with Crippen LogP contribution < -0.4 is 0 Å². The SMILES string of the molecule is C[C@H]1CCCC2C[C@H](C)C(O)C2C1O. The first-order chi connectivity index (χ1) is 6.61. The average molecular weight is 198 g/mol. The molecule has 0 aromatic rings. The molecule has 0 saturated heterocycles. The van der Waals surface area contributed by atoms with Crippen LogP contribution in [-0.4, -0.2) is 22.4 Å². The fourth-order valence-corrected chi connectivity index (χ4v) is 3.48. The van der Waals surface area contributed by atoms with Gasteiger partial charge in [-0.3, -0.25) is 0 Å². The Labute approximate surface area is 86.3 Å². The van der Waals surface area contributed by atoms with Crippen molar-refractivity contribution in [2.24, 2.45) is 23.7 Å². The first kappa shape index (κ1) is 10.4. The molecule has 2 fully saturated rings. The standard InChI is InChI=1S/C12H22O2/c1-7-4-3-5-9-6-8(2)12(14)10(9)11(7)13/h7-14H,3-6H2,1-2H3/t7-,8-,9?,10?,11?,12?/m0/s1. The van der Waals surface area contributed by atoms with E-state index in [-0.39, 0.29) is 18.1 Å². The smallest absolute Gasteiger partial charge is 0.0621 e. The van der Waals surface area contributed by atoms with Crippen molar-refractivity contribution in [1.29, 1.82) is 0 Å². The third-order valence-corrected chi connectivity index (χ3v) is 4.41. The van der Waals surface area contributed by atoms with Gasteiger partial charge >= 0.3 is 0 Å². The summed E-state index contributed by atoms with van der Waals surface area (Å²) in [7, 11) is 0. The molecule has 0 aromatic carbocycles. The Morgan fingerprint density at radius 2 is 1.57 bits per heavy atom. The van der Waals surface area contributed by atoms with Gasteiger partial charge in [-0.1, -0.05) is 20.3 Å². The predicted molar refractivity (Wildman–Crippen MR) is 55.8 cm³/mol. The summed E-state index contributed by atoms with van der Waals surface area (Å²) in [5.41, 5.74) is 0. The van der Waals surface area contributed by atoms with E-state index in [2.05, 4.69) is 13.8 Å². The van der Waals surface area contributed by atoms with E-state index in [1.807, 2.05) is 0 Å². The molecule has 0 amide bonds. The summed E-state index contributed by atoms with van der Waals surface area (Å²) in [5.74, 6) is 1.47. The molecular weight excluding hydrogens is 176 g/mol. The van der Waals surface area contributed by atoms with Gasteiger partial charge in [-0.2, -0.15) is 0 Å². The molecule has 2 saturated carbocycles. The van der Waals surface area contributed by atoms with Gasteiger partial charge in [-0.05, 0) is 37.0 Å². The van der Waals surface area contributed by atoms with Gasteiger partial charge in [0, 0.05) is 5.92 Å². The molecule has 0 heterocycles. The van der Waals surface area contributed by atoms with Crippen LogP contribution in [0.2, 0.25) is 0 Å². The van der Waals surface area contributed by atoms with Gasteiger partial charge in [0.2, 0.25) is 0 Å². The van der Waals surface area contributed by atoms with Crippen molar-refractivity contribution in [2.75, 3.05) is 0 Å². The Morgan fingerprint density at radius 3 is 2.29 bits per heavy atom. The number of hydrogen-bond acceptors (Lipinski definition) is 2. The minimum atomic E-state index is -0.276. The quantitative estimate of drug-likeness (QED) is 0.623. The van der Waals surface area contributed by atoms with E-state index < -0.39 is 0 Å². The van der Waals surface area contributed by atoms with E-state index in [1.165, 1.54) is 12.8 Å². The summed E-state index contributed by atoms with van der Waals surface area (Å²) in [4.78, 5) is 0. The maximum absolute atomic E-state index is 10.2. The lowest BCUT2D eigenvalue weighted by Gasteiger charge is -2.28. The van der Waals surface area contributed by atoms with Crippen LogP contribution in [0.25, 0.3) is 0 Å². The van der Waals surface area contributed by atoms with Crippen molar-refractivity contribution in [1.82, 2.24) is 0 Å². The van der Waals surface area contributed by atoms with E-state index in [9.17, 15) is 10.2 Å². The minimum absolute atomic E-state index is 0.155. The molecule has 14 heavy (non-hydrogen) atoms. The van der Waals surface area contributed by atoms with Crippen molar-refractivity contribution in [3.05, 3.63) is 0 Å². The summed E-state index contributed by atoms with van der Waals surface area (Å²) in [6, 6.07) is 0. The molecule has 2 aliphatic rings. The van der Waals surface area contributed by atoms with Crippen LogP contribution in [0, 0.1) is 23.7 Å². The maximum atomic E-state index is 10.2. The zero-order valence-corrected chi connectivity index (χ0v) is 9.19. The third-order valence-electron chi connectivity index (χ3n) is 4.41. The molecule has 6 atom stereocenters. The summed E-state index contributed by atoms with van der Waals surface area (Å²) in [5, 5.41) is 20.2. The molecule has 2 nitrogen and oxygen atoms in total. The average Bonchev–Trinajstić information content (AvgIpc) is 2.33. The van der Waals surface area contributed by atoms with Crippen LogP contribution in [0.4, 0.5) is 0 Å². The number of rotatable bonds is 0. The molecule has 2 rings (SSSR count). The topological polar surface area (TPSA) is 40.5 Å². The summed E-state index contributed by atoms with van der Waals surface area (Å²) >= 11 is 0. The van der Waals surface area contributed by atoms with Gasteiger partial charge in [0.1, 0.15) is 0 Å². The fraction of sp³-hybridized carbons (Fsp3) is 1.00. The molecule has 2 heteroatoms. The highest BCUT2D eigenvalue weighted by molar-refractivity contribution is 4.95. The van der Waals surface area contributed by atoms with Crippen LogP contribution in [0.1, 0.15) is 39.5 Å². The van der Waals surface area contributed by atoms with Crippen molar-refractivity contribution in [3.8, 4) is 0 Å². The zero-order valence-electron chi connectivity index (χ0n) is 9.19. The Bertz CT molecular complexity index is 202. The molecule has 0 spiro atoms. The van der Waals surface area contributed by atoms with Crippen LogP contribution in [0.5, 0.6) is 0 Å². The van der Waals surface area contributed by atoms with Gasteiger partial charge < -0.3 is 10.2 Å². The summed E-state index contributed by atoms with van der Waals surface area (Å²) in [6.45, 7) is 4.22. The van der Waals surface area contributed by atoms with Gasteiger partial charge in [0.05, 0.1) is 12.2 Å². The van der Waals surface area contributed by atoms with Crippen molar-refractivity contribution < 1.29 is 10.2 Å². The lowest BCUT2D eigenvalue weighted by Crippen LogP contribution is -2.36. The first-order valence-electron chi connectivity index (χ1n) is 5.97. The third kappa shape index (κ3) is 1.59. The van der Waals surface area contributed by atoms with Gasteiger partial charge in [-0.15, -0.1) is 0 Å². The lowest BCUT2D eigenvalue weighted by atomic mass is 9.85. The second kappa shape index (κ2) is 3.82. The Morgan fingerprint density at radius 1 is 0.929 bits per heavy atom. The molecule has 0 radical (unpaired) electrons. The molecule has 0 aliphatic heterocycles. The minimum Gasteiger partial charge on any atom is -0.392 e. The molecule has 0 aromatic heterocycles. The zero-order chi connectivity index (χ0) is 10.3. The fourth-order valence-electron chi connectivity index (χ4n) is 3.48. The molecule has 2 aliphatic carbocycles. The van der Waals surface area contributed by atoms with Crippen molar-refractivity contribution in [2.45, 2.75) is 51.7 Å². The molecule has 4 unspecified atom stereocenters. The molecular formula is C12H22O2. The summed E-state index contributed by atoms with van der Waals surface area (Å²) in [6.07, 6.45) is 4.11. The van der Waals surface area contributed by atoms with Crippen LogP contribution in [-0.2, 0) is 0 Å². The second-order valence-corrected chi connectivity index (χ2v) is 5.44. The molecule has 82 valence electrons. The van der Waals surface area contributed by atoms with Crippen molar-refractivity contribution in [3.63, 3.8) is 0 Å². The van der Waals surface area contributed by atoms with E-state index in [4.69, 9.17) is 0 Å². The molecule has 2 N–H and O–H groups in total. The van der Waals surface area contributed by atoms with Gasteiger partial charge in [-0.25, -0.2) is 0 Å². The van der Waals surface area contributed by atoms with Gasteiger partial charge in [0.15, 0.2) is 0 Å². The maximum Gasteiger partial charge on any atom is 0.0621 e. The number of hydrogen-bond donors (Lipinski definition) is 2. The van der Waals surface area contributed by atoms with E-state index >= 15 is 0 Å². The van der Waals surface area contributed by atoms with Crippen molar-refractivity contribution >= 4 is 0 Å². The normalized spacial score (nSPS) is 54.0. The van der Waals surface area contributed by atoms with E-state index in [0.29, 0.717) is 17.8 Å². The monoisotopic (exact) mass is 198 g/mol. The van der Waals surface area contributed by atoms with Crippen LogP contribution in [0.15, 0.2) is 0 Å². The van der Waals surface area contributed by atoms with Crippen LogP contribution in [0.3, 0.4) is 0 Å². The highest BCUT2D eigenvalue weighted by atomic mass is 16.3. The Hall–Kier alpha value is -0.0800. The van der Waals surface area contributed by atoms with E-state index in [0.717, 1.165) is 12.8 Å². The highest BCUT2D eigenvalue weighted by Gasteiger charge is 2.46.